The van der Waals surface area contributed by atoms with Crippen LogP contribution in [0.1, 0.15) is 29.9 Å². The molecule has 6 nitrogen and oxygen atoms in total. The van der Waals surface area contributed by atoms with Gasteiger partial charge in [-0.25, -0.2) is 0 Å². The van der Waals surface area contributed by atoms with Crippen LogP contribution in [0.15, 0.2) is 66.7 Å². The molecule has 1 atom stereocenters. The molecule has 0 saturated carbocycles. The minimum Gasteiger partial charge on any atom is -0.368 e. The number of hydrogen-bond acceptors (Lipinski definition) is 6. The van der Waals surface area contributed by atoms with Gasteiger partial charge in [0, 0.05) is 11.7 Å². The quantitative estimate of drug-likeness (QED) is 0.453. The minimum atomic E-state index is 0.131. The second-order valence-corrected chi connectivity index (χ2v) is 7.04. The van der Waals surface area contributed by atoms with Gasteiger partial charge in [0.2, 0.25) is 11.9 Å². The van der Waals surface area contributed by atoms with Crippen molar-refractivity contribution in [1.82, 2.24) is 20.3 Å². The van der Waals surface area contributed by atoms with Crippen molar-refractivity contribution in [3.05, 3.63) is 83.7 Å². The van der Waals surface area contributed by atoms with E-state index >= 15 is 0 Å². The van der Waals surface area contributed by atoms with E-state index in [2.05, 4.69) is 75.0 Å². The first-order chi connectivity index (χ1) is 14.1. The maximum absolute atomic E-state index is 5.91. The highest BCUT2D eigenvalue weighted by Gasteiger charge is 2.11. The third-order valence-electron chi connectivity index (χ3n) is 4.95. The van der Waals surface area contributed by atoms with Crippen LogP contribution >= 0.6 is 0 Å². The number of nitrogens with two attached hydrogens (primary N) is 1. The van der Waals surface area contributed by atoms with E-state index < -0.39 is 0 Å². The Balaban J connectivity index is 1.51. The lowest BCUT2D eigenvalue weighted by Gasteiger charge is -2.16. The van der Waals surface area contributed by atoms with Gasteiger partial charge in [-0.3, -0.25) is 0 Å². The molecule has 29 heavy (non-hydrogen) atoms. The second kappa shape index (κ2) is 8.24. The smallest absolute Gasteiger partial charge is 0.232 e. The summed E-state index contributed by atoms with van der Waals surface area (Å²) in [4.78, 5) is 13.0. The summed E-state index contributed by atoms with van der Waals surface area (Å²) in [6.07, 6.45) is 0. The summed E-state index contributed by atoms with van der Waals surface area (Å²) >= 11 is 0. The number of anilines is 3. The fraction of sp³-hybridized carbons (Fsp3) is 0.174. The van der Waals surface area contributed by atoms with Gasteiger partial charge in [-0.05, 0) is 41.8 Å². The van der Waals surface area contributed by atoms with E-state index in [-0.39, 0.29) is 12.0 Å². The molecule has 0 amide bonds. The van der Waals surface area contributed by atoms with E-state index in [4.69, 9.17) is 5.73 Å². The maximum Gasteiger partial charge on any atom is 0.232 e. The number of rotatable bonds is 6. The number of fused-ring (bicyclic) bond motifs is 1. The Bertz CT molecular complexity index is 1140. The summed E-state index contributed by atoms with van der Waals surface area (Å²) in [5, 5.41) is 9.20. The van der Waals surface area contributed by atoms with E-state index in [1.54, 1.807) is 0 Å². The molecule has 0 aliphatic carbocycles. The molecule has 3 aromatic carbocycles. The van der Waals surface area contributed by atoms with Gasteiger partial charge in [-0.2, -0.15) is 15.0 Å². The number of aromatic nitrogens is 3. The fourth-order valence-corrected chi connectivity index (χ4v) is 3.39. The maximum atomic E-state index is 5.91. The van der Waals surface area contributed by atoms with Crippen molar-refractivity contribution in [1.29, 1.82) is 0 Å². The van der Waals surface area contributed by atoms with Crippen molar-refractivity contribution in [3.8, 4) is 0 Å². The van der Waals surface area contributed by atoms with Crippen molar-refractivity contribution in [2.45, 2.75) is 26.4 Å². The molecule has 0 saturated heterocycles. The van der Waals surface area contributed by atoms with Crippen LogP contribution in [0.5, 0.6) is 0 Å². The number of benzene rings is 3. The minimum absolute atomic E-state index is 0.131. The molecule has 0 spiro atoms. The van der Waals surface area contributed by atoms with Crippen molar-refractivity contribution in [3.63, 3.8) is 0 Å². The highest BCUT2D eigenvalue weighted by molar-refractivity contribution is 5.86. The number of hydrogen-bond donors (Lipinski definition) is 3. The highest BCUT2D eigenvalue weighted by Crippen LogP contribution is 2.24. The number of aryl methyl sites for hydroxylation is 1. The third-order valence-corrected chi connectivity index (χ3v) is 4.95. The first-order valence-electron chi connectivity index (χ1n) is 9.64. The van der Waals surface area contributed by atoms with Gasteiger partial charge in [0.1, 0.15) is 5.82 Å². The molecule has 6 heteroatoms. The fourth-order valence-electron chi connectivity index (χ4n) is 3.39. The normalized spacial score (nSPS) is 12.1. The highest BCUT2D eigenvalue weighted by atomic mass is 15.2. The van der Waals surface area contributed by atoms with Crippen molar-refractivity contribution in [2.75, 3.05) is 11.1 Å². The Hall–Kier alpha value is -3.51. The molecule has 4 rings (SSSR count). The van der Waals surface area contributed by atoms with Crippen LogP contribution in [0.25, 0.3) is 10.8 Å². The lowest BCUT2D eigenvalue weighted by atomic mass is 10.00. The summed E-state index contributed by atoms with van der Waals surface area (Å²) < 4.78 is 0. The summed E-state index contributed by atoms with van der Waals surface area (Å²) in [7, 11) is 0. The van der Waals surface area contributed by atoms with Gasteiger partial charge in [0.25, 0.3) is 0 Å². The Kier molecular flexibility index (Phi) is 5.35. The molecular formula is C23H24N6. The average Bonchev–Trinajstić information content (AvgIpc) is 2.73. The van der Waals surface area contributed by atoms with E-state index in [0.717, 1.165) is 11.3 Å². The standard InChI is InChI=1S/C23H24N6/c1-15-8-3-6-13-20(15)26-23-28-21(27-22(24)29-23)14-25-16(2)18-12-7-10-17-9-4-5-11-19(17)18/h3-13,16,25H,14H2,1-2H3,(H3,24,26,27,28,29). The van der Waals surface area contributed by atoms with E-state index in [0.29, 0.717) is 18.3 Å². The number of nitrogen functional groups attached to an aromatic ring is 1. The molecule has 0 bridgehead atoms. The molecule has 1 heterocycles. The van der Waals surface area contributed by atoms with Crippen LogP contribution in [-0.4, -0.2) is 15.0 Å². The molecule has 1 aromatic heterocycles. The summed E-state index contributed by atoms with van der Waals surface area (Å²) in [5.74, 6) is 1.24. The van der Waals surface area contributed by atoms with E-state index in [1.165, 1.54) is 16.3 Å². The summed E-state index contributed by atoms with van der Waals surface area (Å²) in [6, 6.07) is 22.9. The van der Waals surface area contributed by atoms with Gasteiger partial charge in [-0.1, -0.05) is 60.7 Å². The molecule has 146 valence electrons. The van der Waals surface area contributed by atoms with Crippen LogP contribution in [0.2, 0.25) is 0 Å². The molecule has 0 fully saturated rings. The summed E-state index contributed by atoms with van der Waals surface area (Å²) in [6.45, 7) is 4.65. The Morgan fingerprint density at radius 2 is 1.66 bits per heavy atom. The molecule has 4 N–H and O–H groups in total. The first kappa shape index (κ1) is 18.8. The van der Waals surface area contributed by atoms with Gasteiger partial charge in [0.05, 0.1) is 6.54 Å². The van der Waals surface area contributed by atoms with Crippen LogP contribution in [-0.2, 0) is 6.54 Å². The molecule has 0 radical (unpaired) electrons. The zero-order chi connectivity index (χ0) is 20.2. The van der Waals surface area contributed by atoms with Crippen LogP contribution in [0.3, 0.4) is 0 Å². The Labute approximate surface area is 170 Å². The van der Waals surface area contributed by atoms with Crippen molar-refractivity contribution < 1.29 is 0 Å². The van der Waals surface area contributed by atoms with Gasteiger partial charge in [0.15, 0.2) is 0 Å². The van der Waals surface area contributed by atoms with Crippen molar-refractivity contribution >= 4 is 28.4 Å². The third kappa shape index (κ3) is 4.33. The van der Waals surface area contributed by atoms with Crippen LogP contribution in [0, 0.1) is 6.92 Å². The van der Waals surface area contributed by atoms with E-state index in [1.807, 2.05) is 31.2 Å². The van der Waals surface area contributed by atoms with Crippen LogP contribution < -0.4 is 16.4 Å². The molecular weight excluding hydrogens is 360 g/mol. The Morgan fingerprint density at radius 1 is 0.897 bits per heavy atom. The SMILES string of the molecule is Cc1ccccc1Nc1nc(N)nc(CNC(C)c2cccc3ccccc23)n1. The predicted molar refractivity (Wildman–Crippen MR) is 118 cm³/mol. The van der Waals surface area contributed by atoms with Crippen LogP contribution in [0.4, 0.5) is 17.6 Å². The van der Waals surface area contributed by atoms with Gasteiger partial charge < -0.3 is 16.4 Å². The number of para-hydroxylation sites is 1. The second-order valence-electron chi connectivity index (χ2n) is 7.04. The monoisotopic (exact) mass is 384 g/mol. The molecule has 0 aliphatic heterocycles. The summed E-state index contributed by atoms with van der Waals surface area (Å²) in [5.41, 5.74) is 9.20. The molecule has 0 aliphatic rings. The molecule has 1 unspecified atom stereocenters. The van der Waals surface area contributed by atoms with Gasteiger partial charge >= 0.3 is 0 Å². The Morgan fingerprint density at radius 3 is 2.52 bits per heavy atom. The largest absolute Gasteiger partial charge is 0.368 e. The average molecular weight is 384 g/mol. The predicted octanol–water partition coefficient (Wildman–Crippen LogP) is 4.51. The number of nitrogens with one attached hydrogen (secondary N) is 2. The topological polar surface area (TPSA) is 88.8 Å². The lowest BCUT2D eigenvalue weighted by molar-refractivity contribution is 0.562. The zero-order valence-corrected chi connectivity index (χ0v) is 16.6. The number of nitrogens with zero attached hydrogens (tertiary/aromatic N) is 3. The molecule has 4 aromatic rings. The zero-order valence-electron chi connectivity index (χ0n) is 16.6. The van der Waals surface area contributed by atoms with Gasteiger partial charge in [-0.15, -0.1) is 0 Å². The lowest BCUT2D eigenvalue weighted by Crippen LogP contribution is -2.21. The first-order valence-corrected chi connectivity index (χ1v) is 9.64. The van der Waals surface area contributed by atoms with E-state index in [9.17, 15) is 0 Å². The van der Waals surface area contributed by atoms with Crippen molar-refractivity contribution in [2.24, 2.45) is 0 Å².